The molecule has 0 aliphatic carbocycles. The van der Waals surface area contributed by atoms with Gasteiger partial charge in [0.2, 0.25) is 5.91 Å². The van der Waals surface area contributed by atoms with Crippen molar-refractivity contribution < 1.29 is 9.59 Å². The predicted molar refractivity (Wildman–Crippen MR) is 83.4 cm³/mol. The zero-order valence-corrected chi connectivity index (χ0v) is 13.5. The molecule has 6 nitrogen and oxygen atoms in total. The number of carbonyl (C=O) groups is 2. The molecule has 0 unspecified atom stereocenters. The number of nitrogens with zero attached hydrogens (tertiary/aromatic N) is 2. The number of urea groups is 1. The van der Waals surface area contributed by atoms with E-state index in [2.05, 4.69) is 15.6 Å². The topological polar surface area (TPSA) is 74.3 Å². The highest BCUT2D eigenvalue weighted by molar-refractivity contribution is 7.15. The lowest BCUT2D eigenvalue weighted by Crippen LogP contribution is -2.49. The van der Waals surface area contributed by atoms with Crippen molar-refractivity contribution >= 4 is 28.4 Å². The number of hydrogen-bond donors (Lipinski definition) is 2. The van der Waals surface area contributed by atoms with E-state index in [0.29, 0.717) is 18.2 Å². The lowest BCUT2D eigenvalue weighted by Gasteiger charge is -2.32. The van der Waals surface area contributed by atoms with Crippen LogP contribution in [0.5, 0.6) is 0 Å². The number of carbonyl (C=O) groups excluding carboxylic acids is 2. The van der Waals surface area contributed by atoms with Crippen molar-refractivity contribution in [3.63, 3.8) is 0 Å². The molecule has 21 heavy (non-hydrogen) atoms. The molecule has 2 heterocycles. The van der Waals surface area contributed by atoms with Crippen LogP contribution < -0.4 is 10.6 Å². The maximum Gasteiger partial charge on any atom is 0.317 e. The maximum absolute atomic E-state index is 12.3. The molecule has 1 fully saturated rings. The molecule has 1 aromatic rings. The third-order valence-electron chi connectivity index (χ3n) is 3.34. The molecule has 0 radical (unpaired) electrons. The fourth-order valence-corrected chi connectivity index (χ4v) is 3.00. The van der Waals surface area contributed by atoms with Gasteiger partial charge in [-0.3, -0.25) is 4.79 Å². The molecule has 1 saturated heterocycles. The van der Waals surface area contributed by atoms with E-state index in [9.17, 15) is 9.59 Å². The first-order valence-corrected chi connectivity index (χ1v) is 8.06. The SMILES string of the molecule is Cc1cnc(NC(=O)[C@@H]2CCCN(C(=O)NC(C)C)C2)s1. The number of rotatable bonds is 3. The number of piperidine rings is 1. The first-order valence-electron chi connectivity index (χ1n) is 7.24. The first-order chi connectivity index (χ1) is 9.95. The molecule has 0 bridgehead atoms. The summed E-state index contributed by atoms with van der Waals surface area (Å²) in [5.41, 5.74) is 0. The number of thiazole rings is 1. The molecule has 0 spiro atoms. The van der Waals surface area contributed by atoms with Crippen LogP contribution in [0.4, 0.5) is 9.93 Å². The first kappa shape index (κ1) is 15.8. The summed E-state index contributed by atoms with van der Waals surface area (Å²) in [6.45, 7) is 6.98. The van der Waals surface area contributed by atoms with Crippen LogP contribution >= 0.6 is 11.3 Å². The second-order valence-corrected chi connectivity index (χ2v) is 6.89. The van der Waals surface area contributed by atoms with Gasteiger partial charge in [0, 0.05) is 30.2 Å². The Hall–Kier alpha value is -1.63. The number of amides is 3. The minimum atomic E-state index is -0.166. The predicted octanol–water partition coefficient (Wildman–Crippen LogP) is 2.22. The van der Waals surface area contributed by atoms with Crippen LogP contribution in [0.2, 0.25) is 0 Å². The average Bonchev–Trinajstić information content (AvgIpc) is 2.83. The maximum atomic E-state index is 12.3. The molecule has 0 aromatic carbocycles. The quantitative estimate of drug-likeness (QED) is 0.899. The summed E-state index contributed by atoms with van der Waals surface area (Å²) in [5.74, 6) is -0.215. The highest BCUT2D eigenvalue weighted by Gasteiger charge is 2.29. The van der Waals surface area contributed by atoms with Gasteiger partial charge in [-0.15, -0.1) is 11.3 Å². The van der Waals surface area contributed by atoms with Crippen LogP contribution in [0.3, 0.4) is 0 Å². The summed E-state index contributed by atoms with van der Waals surface area (Å²) in [6, 6.07) is 0.0117. The zero-order chi connectivity index (χ0) is 15.4. The van der Waals surface area contributed by atoms with Crippen molar-refractivity contribution in [3.05, 3.63) is 11.1 Å². The lowest BCUT2D eigenvalue weighted by molar-refractivity contribution is -0.121. The van der Waals surface area contributed by atoms with Gasteiger partial charge in [0.15, 0.2) is 5.13 Å². The smallest absolute Gasteiger partial charge is 0.317 e. The third kappa shape index (κ3) is 4.42. The van der Waals surface area contributed by atoms with Crippen LogP contribution in [-0.2, 0) is 4.79 Å². The van der Waals surface area contributed by atoms with E-state index in [1.165, 1.54) is 11.3 Å². The van der Waals surface area contributed by atoms with Crippen LogP contribution in [0.1, 0.15) is 31.6 Å². The number of aryl methyl sites for hydroxylation is 1. The van der Waals surface area contributed by atoms with E-state index in [-0.39, 0.29) is 23.9 Å². The van der Waals surface area contributed by atoms with E-state index < -0.39 is 0 Å². The molecule has 0 saturated carbocycles. The van der Waals surface area contributed by atoms with Crippen molar-refractivity contribution in [2.24, 2.45) is 5.92 Å². The molecule has 116 valence electrons. The molecule has 2 N–H and O–H groups in total. The highest BCUT2D eigenvalue weighted by Crippen LogP contribution is 2.21. The Kier molecular flexibility index (Phi) is 5.17. The largest absolute Gasteiger partial charge is 0.336 e. The summed E-state index contributed by atoms with van der Waals surface area (Å²) in [4.78, 5) is 31.2. The van der Waals surface area contributed by atoms with Crippen molar-refractivity contribution in [2.75, 3.05) is 18.4 Å². The van der Waals surface area contributed by atoms with Gasteiger partial charge in [-0.05, 0) is 33.6 Å². The van der Waals surface area contributed by atoms with Crippen molar-refractivity contribution in [3.8, 4) is 0 Å². The van der Waals surface area contributed by atoms with Crippen molar-refractivity contribution in [1.29, 1.82) is 0 Å². The van der Waals surface area contributed by atoms with Crippen molar-refractivity contribution in [1.82, 2.24) is 15.2 Å². The van der Waals surface area contributed by atoms with Gasteiger partial charge in [0.1, 0.15) is 0 Å². The summed E-state index contributed by atoms with van der Waals surface area (Å²) < 4.78 is 0. The zero-order valence-electron chi connectivity index (χ0n) is 12.7. The summed E-state index contributed by atoms with van der Waals surface area (Å²) in [5, 5.41) is 6.34. The van der Waals surface area contributed by atoms with Crippen LogP contribution in [-0.4, -0.2) is 41.0 Å². The lowest BCUT2D eigenvalue weighted by atomic mass is 9.97. The standard InChI is InChI=1S/C14H22N4O2S/c1-9(2)16-14(20)18-6-4-5-11(8-18)12(19)17-13-15-7-10(3)21-13/h7,9,11H,4-6,8H2,1-3H3,(H,16,20)(H,15,17,19)/t11-/m1/s1. The van der Waals surface area contributed by atoms with Crippen LogP contribution in [0, 0.1) is 12.8 Å². The summed E-state index contributed by atoms with van der Waals surface area (Å²) in [6.07, 6.45) is 3.39. The van der Waals surface area contributed by atoms with Gasteiger partial charge in [-0.2, -0.15) is 0 Å². The monoisotopic (exact) mass is 310 g/mol. The number of likely N-dealkylation sites (tertiary alicyclic amines) is 1. The Morgan fingerprint density at radius 3 is 2.86 bits per heavy atom. The molecule has 7 heteroatoms. The minimum Gasteiger partial charge on any atom is -0.336 e. The minimum absolute atomic E-state index is 0.0496. The fraction of sp³-hybridized carbons (Fsp3) is 0.643. The molecular weight excluding hydrogens is 288 g/mol. The number of aromatic nitrogens is 1. The van der Waals surface area contributed by atoms with E-state index in [1.54, 1.807) is 11.1 Å². The third-order valence-corrected chi connectivity index (χ3v) is 4.17. The normalized spacial score (nSPS) is 18.7. The highest BCUT2D eigenvalue weighted by atomic mass is 32.1. The number of anilines is 1. The Morgan fingerprint density at radius 1 is 1.48 bits per heavy atom. The Morgan fingerprint density at radius 2 is 2.24 bits per heavy atom. The van der Waals surface area contributed by atoms with Gasteiger partial charge in [-0.1, -0.05) is 0 Å². The Balaban J connectivity index is 1.91. The van der Waals surface area contributed by atoms with E-state index in [1.807, 2.05) is 20.8 Å². The van der Waals surface area contributed by atoms with Crippen LogP contribution in [0.15, 0.2) is 6.20 Å². The molecule has 1 aliphatic heterocycles. The van der Waals surface area contributed by atoms with Gasteiger partial charge in [0.25, 0.3) is 0 Å². The number of nitrogens with one attached hydrogen (secondary N) is 2. The van der Waals surface area contributed by atoms with Gasteiger partial charge >= 0.3 is 6.03 Å². The molecule has 3 amide bonds. The Labute approximate surface area is 128 Å². The van der Waals surface area contributed by atoms with E-state index in [0.717, 1.165) is 17.7 Å². The van der Waals surface area contributed by atoms with Gasteiger partial charge < -0.3 is 15.5 Å². The van der Waals surface area contributed by atoms with Gasteiger partial charge in [0.05, 0.1) is 5.92 Å². The average molecular weight is 310 g/mol. The van der Waals surface area contributed by atoms with Crippen LogP contribution in [0.25, 0.3) is 0 Å². The fourth-order valence-electron chi connectivity index (χ4n) is 2.33. The summed E-state index contributed by atoms with van der Waals surface area (Å²) >= 11 is 1.46. The summed E-state index contributed by atoms with van der Waals surface area (Å²) in [7, 11) is 0. The van der Waals surface area contributed by atoms with Gasteiger partial charge in [-0.25, -0.2) is 9.78 Å². The molecule has 1 atom stereocenters. The number of hydrogen-bond acceptors (Lipinski definition) is 4. The van der Waals surface area contributed by atoms with E-state index in [4.69, 9.17) is 0 Å². The molecule has 1 aliphatic rings. The molecule has 1 aromatic heterocycles. The molecular formula is C14H22N4O2S. The van der Waals surface area contributed by atoms with E-state index >= 15 is 0 Å². The second-order valence-electron chi connectivity index (χ2n) is 5.65. The van der Waals surface area contributed by atoms with Crippen molar-refractivity contribution in [2.45, 2.75) is 39.7 Å². The molecule has 2 rings (SSSR count). The Bertz CT molecular complexity index is 515. The second kappa shape index (κ2) is 6.89.